The van der Waals surface area contributed by atoms with Gasteiger partial charge in [0.05, 0.1) is 32.0 Å². The Bertz CT molecular complexity index is 1060. The number of rotatable bonds is 5. The monoisotopic (exact) mass is 384 g/mol. The maximum absolute atomic E-state index is 5.53. The SMILES string of the molecule is COc1ccc([C@@H]2N=C(c3ccc(C)cc3)[C@@H]3[C@H](c4ccccc4)N32)cc1OC. The van der Waals surface area contributed by atoms with Crippen LogP contribution in [0.2, 0.25) is 0 Å². The lowest BCUT2D eigenvalue weighted by Gasteiger charge is -2.16. The molecule has 0 radical (unpaired) electrons. The van der Waals surface area contributed by atoms with Crippen LogP contribution in [0.15, 0.2) is 77.8 Å². The quantitative estimate of drug-likeness (QED) is 0.584. The first-order chi connectivity index (χ1) is 14.2. The topological polar surface area (TPSA) is 33.8 Å². The van der Waals surface area contributed by atoms with Gasteiger partial charge in [0, 0.05) is 0 Å². The Morgan fingerprint density at radius 2 is 1.48 bits per heavy atom. The van der Waals surface area contributed by atoms with Crippen LogP contribution < -0.4 is 9.47 Å². The Labute approximate surface area is 171 Å². The molecule has 4 heteroatoms. The molecule has 2 aliphatic rings. The van der Waals surface area contributed by atoms with Gasteiger partial charge in [-0.15, -0.1) is 0 Å². The summed E-state index contributed by atoms with van der Waals surface area (Å²) in [6, 6.07) is 26.1. The first kappa shape index (κ1) is 18.0. The van der Waals surface area contributed by atoms with Crippen LogP contribution in [0.3, 0.4) is 0 Å². The highest BCUT2D eigenvalue weighted by Gasteiger charge is 2.59. The van der Waals surface area contributed by atoms with Crippen molar-refractivity contribution >= 4 is 5.71 Å². The molecule has 0 saturated carbocycles. The fraction of sp³-hybridized carbons (Fsp3) is 0.240. The summed E-state index contributed by atoms with van der Waals surface area (Å²) in [6.07, 6.45) is -0.0266. The number of aliphatic imine (C=N–C) groups is 1. The average molecular weight is 384 g/mol. The Balaban J connectivity index is 1.57. The van der Waals surface area contributed by atoms with Gasteiger partial charge in [0.25, 0.3) is 0 Å². The van der Waals surface area contributed by atoms with Crippen LogP contribution in [0.5, 0.6) is 11.5 Å². The third-order valence-corrected chi connectivity index (χ3v) is 5.87. The second-order valence-corrected chi connectivity index (χ2v) is 7.62. The number of aryl methyl sites for hydroxylation is 1. The summed E-state index contributed by atoms with van der Waals surface area (Å²) in [4.78, 5) is 7.62. The highest BCUT2D eigenvalue weighted by Crippen LogP contribution is 2.56. The average Bonchev–Trinajstić information content (AvgIpc) is 3.38. The predicted octanol–water partition coefficient (Wildman–Crippen LogP) is 4.94. The maximum Gasteiger partial charge on any atom is 0.161 e. The highest BCUT2D eigenvalue weighted by atomic mass is 16.5. The van der Waals surface area contributed by atoms with Crippen LogP contribution in [0.1, 0.15) is 34.5 Å². The summed E-state index contributed by atoms with van der Waals surface area (Å²) in [5, 5.41) is 0. The molecular formula is C25H24N2O2. The van der Waals surface area contributed by atoms with Gasteiger partial charge < -0.3 is 9.47 Å². The summed E-state index contributed by atoms with van der Waals surface area (Å²) >= 11 is 0. The molecule has 0 amide bonds. The van der Waals surface area contributed by atoms with E-state index in [1.54, 1.807) is 14.2 Å². The number of hydrogen-bond donors (Lipinski definition) is 0. The minimum Gasteiger partial charge on any atom is -0.493 e. The van der Waals surface area contributed by atoms with Gasteiger partial charge in [0.15, 0.2) is 11.5 Å². The standard InChI is InChI=1S/C25H24N2O2/c1-16-9-11-17(12-10-16)22-24-23(18-7-5-4-6-8-18)27(24)25(26-22)19-13-14-20(28-2)21(15-19)29-3/h4-15,23-25H,1-3H3/t23-,24+,25+,27?/m0/s1. The molecule has 2 heterocycles. The van der Waals surface area contributed by atoms with Gasteiger partial charge in [-0.25, -0.2) is 0 Å². The minimum absolute atomic E-state index is 0.0266. The van der Waals surface area contributed by atoms with Crippen molar-refractivity contribution < 1.29 is 9.47 Å². The summed E-state index contributed by atoms with van der Waals surface area (Å²) in [6.45, 7) is 2.11. The zero-order valence-corrected chi connectivity index (χ0v) is 16.9. The summed E-state index contributed by atoms with van der Waals surface area (Å²) in [5.74, 6) is 1.47. The maximum atomic E-state index is 5.53. The van der Waals surface area contributed by atoms with E-state index in [1.807, 2.05) is 12.1 Å². The van der Waals surface area contributed by atoms with Crippen LogP contribution in [0.25, 0.3) is 0 Å². The van der Waals surface area contributed by atoms with Crippen LogP contribution in [-0.4, -0.2) is 30.9 Å². The molecule has 0 aliphatic carbocycles. The lowest BCUT2D eigenvalue weighted by atomic mass is 10.0. The van der Waals surface area contributed by atoms with E-state index in [4.69, 9.17) is 14.5 Å². The van der Waals surface area contributed by atoms with E-state index in [1.165, 1.54) is 22.4 Å². The number of ether oxygens (including phenoxy) is 2. The Morgan fingerprint density at radius 3 is 2.17 bits per heavy atom. The third kappa shape index (κ3) is 3.00. The Morgan fingerprint density at radius 1 is 0.759 bits per heavy atom. The van der Waals surface area contributed by atoms with Crippen molar-refractivity contribution in [2.75, 3.05) is 14.2 Å². The third-order valence-electron chi connectivity index (χ3n) is 5.87. The number of nitrogens with zero attached hydrogens (tertiary/aromatic N) is 2. The van der Waals surface area contributed by atoms with E-state index < -0.39 is 0 Å². The van der Waals surface area contributed by atoms with Gasteiger partial charge in [0.2, 0.25) is 0 Å². The van der Waals surface area contributed by atoms with Crippen molar-refractivity contribution in [1.82, 2.24) is 4.90 Å². The van der Waals surface area contributed by atoms with Gasteiger partial charge in [-0.05, 0) is 35.7 Å². The van der Waals surface area contributed by atoms with Crippen molar-refractivity contribution in [2.24, 2.45) is 4.99 Å². The molecule has 0 spiro atoms. The molecular weight excluding hydrogens is 360 g/mol. The van der Waals surface area contributed by atoms with Gasteiger partial charge >= 0.3 is 0 Å². The van der Waals surface area contributed by atoms with Crippen molar-refractivity contribution in [3.8, 4) is 11.5 Å². The van der Waals surface area contributed by atoms with Crippen LogP contribution in [0.4, 0.5) is 0 Å². The molecule has 5 rings (SSSR count). The fourth-order valence-electron chi connectivity index (χ4n) is 4.35. The second kappa shape index (κ2) is 7.05. The first-order valence-corrected chi connectivity index (χ1v) is 9.90. The number of fused-ring (bicyclic) bond motifs is 1. The van der Waals surface area contributed by atoms with Crippen molar-refractivity contribution in [3.63, 3.8) is 0 Å². The molecule has 2 aliphatic heterocycles. The second-order valence-electron chi connectivity index (χ2n) is 7.62. The van der Waals surface area contributed by atoms with E-state index in [-0.39, 0.29) is 6.17 Å². The molecule has 1 unspecified atom stereocenters. The molecule has 3 aromatic rings. The molecule has 29 heavy (non-hydrogen) atoms. The zero-order valence-electron chi connectivity index (χ0n) is 16.9. The van der Waals surface area contributed by atoms with Gasteiger partial charge in [-0.1, -0.05) is 66.2 Å². The Hall–Kier alpha value is -3.11. The van der Waals surface area contributed by atoms with E-state index in [0.29, 0.717) is 12.1 Å². The molecule has 0 aromatic heterocycles. The fourth-order valence-corrected chi connectivity index (χ4v) is 4.35. The van der Waals surface area contributed by atoms with Crippen LogP contribution in [0, 0.1) is 6.92 Å². The van der Waals surface area contributed by atoms with Crippen molar-refractivity contribution in [3.05, 3.63) is 95.1 Å². The molecule has 1 saturated heterocycles. The molecule has 0 bridgehead atoms. The molecule has 4 atom stereocenters. The van der Waals surface area contributed by atoms with Gasteiger partial charge in [-0.2, -0.15) is 0 Å². The van der Waals surface area contributed by atoms with E-state index in [2.05, 4.69) is 72.5 Å². The molecule has 146 valence electrons. The van der Waals surface area contributed by atoms with Crippen molar-refractivity contribution in [1.29, 1.82) is 0 Å². The predicted molar refractivity (Wildman–Crippen MR) is 115 cm³/mol. The zero-order chi connectivity index (χ0) is 20.0. The van der Waals surface area contributed by atoms with Crippen molar-refractivity contribution in [2.45, 2.75) is 25.2 Å². The normalized spacial score (nSPS) is 24.6. The lowest BCUT2D eigenvalue weighted by molar-refractivity contribution is 0.351. The minimum atomic E-state index is -0.0266. The number of benzene rings is 3. The van der Waals surface area contributed by atoms with E-state index in [9.17, 15) is 0 Å². The van der Waals surface area contributed by atoms with Gasteiger partial charge in [0.1, 0.15) is 6.17 Å². The largest absolute Gasteiger partial charge is 0.493 e. The van der Waals surface area contributed by atoms with E-state index in [0.717, 1.165) is 17.1 Å². The Kier molecular flexibility index (Phi) is 4.36. The number of methoxy groups -OCH3 is 2. The van der Waals surface area contributed by atoms with Crippen LogP contribution >= 0.6 is 0 Å². The molecule has 3 aromatic carbocycles. The van der Waals surface area contributed by atoms with Gasteiger partial charge in [-0.3, -0.25) is 9.89 Å². The van der Waals surface area contributed by atoms with Crippen LogP contribution in [-0.2, 0) is 0 Å². The number of hydrogen-bond acceptors (Lipinski definition) is 4. The summed E-state index contributed by atoms with van der Waals surface area (Å²) in [5.41, 5.74) is 6.08. The lowest BCUT2D eigenvalue weighted by Crippen LogP contribution is -2.08. The summed E-state index contributed by atoms with van der Waals surface area (Å²) in [7, 11) is 3.33. The van der Waals surface area contributed by atoms with E-state index >= 15 is 0 Å². The first-order valence-electron chi connectivity index (χ1n) is 9.90. The molecule has 0 N–H and O–H groups in total. The highest BCUT2D eigenvalue weighted by molar-refractivity contribution is 6.08. The molecule has 4 nitrogen and oxygen atoms in total. The summed E-state index contributed by atoms with van der Waals surface area (Å²) < 4.78 is 10.9. The molecule has 1 fully saturated rings. The smallest absolute Gasteiger partial charge is 0.161 e.